The van der Waals surface area contributed by atoms with E-state index in [2.05, 4.69) is 56.6 Å². The molecule has 19 heavy (non-hydrogen) atoms. The number of hydrogen-bond acceptors (Lipinski definition) is 3. The average Bonchev–Trinajstić information content (AvgIpc) is 2.39. The lowest BCUT2D eigenvalue weighted by molar-refractivity contribution is -0.120. The molecule has 0 radical (unpaired) electrons. The summed E-state index contributed by atoms with van der Waals surface area (Å²) in [6, 6.07) is 6.34. The van der Waals surface area contributed by atoms with Gasteiger partial charge in [0.15, 0.2) is 0 Å². The fourth-order valence-electron chi connectivity index (χ4n) is 2.17. The van der Waals surface area contributed by atoms with E-state index < -0.39 is 0 Å². The van der Waals surface area contributed by atoms with Crippen molar-refractivity contribution in [2.45, 2.75) is 19.9 Å². The Kier molecular flexibility index (Phi) is 5.22. The number of halogens is 1. The molecule has 104 valence electrons. The average molecular weight is 326 g/mol. The van der Waals surface area contributed by atoms with Gasteiger partial charge in [0.1, 0.15) is 0 Å². The number of anilines is 1. The van der Waals surface area contributed by atoms with Gasteiger partial charge in [-0.25, -0.2) is 0 Å². The largest absolute Gasteiger partial charge is 0.360 e. The van der Waals surface area contributed by atoms with E-state index in [0.717, 1.165) is 36.2 Å². The number of carbonyl (C=O) groups excluding carboxylic acids is 1. The van der Waals surface area contributed by atoms with Gasteiger partial charge >= 0.3 is 0 Å². The summed E-state index contributed by atoms with van der Waals surface area (Å²) in [5.41, 5.74) is 2.35. The highest BCUT2D eigenvalue weighted by Gasteiger charge is 2.18. The zero-order chi connectivity index (χ0) is 13.7. The van der Waals surface area contributed by atoms with Crippen molar-refractivity contribution in [3.8, 4) is 0 Å². The van der Waals surface area contributed by atoms with Crippen LogP contribution in [0.4, 0.5) is 5.69 Å². The summed E-state index contributed by atoms with van der Waals surface area (Å²) in [4.78, 5) is 13.5. The molecule has 1 aromatic carbocycles. The lowest BCUT2D eigenvalue weighted by Gasteiger charge is -2.29. The molecule has 0 saturated carbocycles. The molecule has 1 aliphatic rings. The van der Waals surface area contributed by atoms with E-state index in [0.29, 0.717) is 13.1 Å². The zero-order valence-corrected chi connectivity index (χ0v) is 12.8. The first-order chi connectivity index (χ1) is 9.20. The van der Waals surface area contributed by atoms with Crippen LogP contribution in [0.3, 0.4) is 0 Å². The number of nitrogens with zero attached hydrogens (tertiary/aromatic N) is 1. The van der Waals surface area contributed by atoms with Crippen LogP contribution in [0.5, 0.6) is 0 Å². The zero-order valence-electron chi connectivity index (χ0n) is 11.2. The van der Waals surface area contributed by atoms with E-state index in [-0.39, 0.29) is 5.91 Å². The van der Waals surface area contributed by atoms with Gasteiger partial charge in [-0.2, -0.15) is 0 Å². The Morgan fingerprint density at radius 2 is 2.32 bits per heavy atom. The van der Waals surface area contributed by atoms with Gasteiger partial charge < -0.3 is 15.5 Å². The fourth-order valence-corrected chi connectivity index (χ4v) is 2.85. The summed E-state index contributed by atoms with van der Waals surface area (Å²) in [5.74, 6) is 0.0897. The van der Waals surface area contributed by atoms with Gasteiger partial charge in [0.25, 0.3) is 0 Å². The van der Waals surface area contributed by atoms with Gasteiger partial charge in [0, 0.05) is 24.1 Å². The van der Waals surface area contributed by atoms with Crippen molar-refractivity contribution in [1.82, 2.24) is 10.6 Å². The molecule has 0 spiro atoms. The molecule has 1 amide bonds. The number of carbonyl (C=O) groups is 1. The second-order valence-corrected chi connectivity index (χ2v) is 5.59. The molecule has 0 aliphatic carbocycles. The second-order valence-electron chi connectivity index (χ2n) is 4.73. The van der Waals surface area contributed by atoms with Crippen molar-refractivity contribution in [3.05, 3.63) is 28.2 Å². The van der Waals surface area contributed by atoms with E-state index in [4.69, 9.17) is 0 Å². The third kappa shape index (κ3) is 3.94. The number of piperazine rings is 1. The first kappa shape index (κ1) is 14.3. The summed E-state index contributed by atoms with van der Waals surface area (Å²) >= 11 is 3.61. The summed E-state index contributed by atoms with van der Waals surface area (Å²) in [6.07, 6.45) is 1.14. The van der Waals surface area contributed by atoms with Gasteiger partial charge in [-0.1, -0.05) is 13.0 Å². The molecule has 0 atom stereocenters. The van der Waals surface area contributed by atoms with Crippen LogP contribution < -0.4 is 15.5 Å². The Hall–Kier alpha value is -1.07. The topological polar surface area (TPSA) is 44.4 Å². The molecule has 1 aliphatic heterocycles. The van der Waals surface area contributed by atoms with Crippen LogP contribution in [-0.4, -0.2) is 32.1 Å². The molecule has 1 saturated heterocycles. The Bertz CT molecular complexity index is 450. The van der Waals surface area contributed by atoms with Crippen molar-refractivity contribution in [2.24, 2.45) is 0 Å². The van der Waals surface area contributed by atoms with Crippen LogP contribution in [0.25, 0.3) is 0 Å². The van der Waals surface area contributed by atoms with Gasteiger partial charge in [-0.15, -0.1) is 0 Å². The third-order valence-electron chi connectivity index (χ3n) is 3.15. The summed E-state index contributed by atoms with van der Waals surface area (Å²) < 4.78 is 1.05. The smallest absolute Gasteiger partial charge is 0.239 e. The highest BCUT2D eigenvalue weighted by molar-refractivity contribution is 9.10. The highest BCUT2D eigenvalue weighted by atomic mass is 79.9. The maximum Gasteiger partial charge on any atom is 0.239 e. The van der Waals surface area contributed by atoms with Crippen molar-refractivity contribution in [1.29, 1.82) is 0 Å². The molecule has 2 rings (SSSR count). The van der Waals surface area contributed by atoms with E-state index in [1.807, 2.05) is 0 Å². The van der Waals surface area contributed by atoms with Crippen LogP contribution in [0, 0.1) is 0 Å². The lowest BCUT2D eigenvalue weighted by atomic mass is 10.2. The van der Waals surface area contributed by atoms with E-state index >= 15 is 0 Å². The summed E-state index contributed by atoms with van der Waals surface area (Å²) in [6.45, 7) is 6.08. The van der Waals surface area contributed by atoms with Crippen LogP contribution in [0.2, 0.25) is 0 Å². The minimum absolute atomic E-state index is 0.0897. The second kappa shape index (κ2) is 6.91. The molecule has 1 fully saturated rings. The first-order valence-corrected chi connectivity index (χ1v) is 7.51. The maximum absolute atomic E-state index is 11.4. The molecule has 1 aromatic rings. The normalized spacial score (nSPS) is 15.5. The quantitative estimate of drug-likeness (QED) is 0.812. The molecule has 2 N–H and O–H groups in total. The summed E-state index contributed by atoms with van der Waals surface area (Å²) in [5, 5.41) is 6.23. The van der Waals surface area contributed by atoms with E-state index in [9.17, 15) is 4.79 Å². The predicted octanol–water partition coefficient (Wildman–Crippen LogP) is 1.88. The molecular formula is C14H20BrN3O. The Balaban J connectivity index is 2.04. The minimum atomic E-state index is 0.0897. The number of nitrogens with one attached hydrogen (secondary N) is 2. The number of hydrogen-bond donors (Lipinski definition) is 2. The predicted molar refractivity (Wildman–Crippen MR) is 81.4 cm³/mol. The number of rotatable bonds is 5. The number of amides is 1. The monoisotopic (exact) mass is 325 g/mol. The fraction of sp³-hybridized carbons (Fsp3) is 0.500. The SMILES string of the molecule is CCCNCc1ccc(N2CCNC(=O)C2)c(Br)c1. The molecule has 0 bridgehead atoms. The van der Waals surface area contributed by atoms with Gasteiger partial charge in [-0.3, -0.25) is 4.79 Å². The van der Waals surface area contributed by atoms with Crippen molar-refractivity contribution in [3.63, 3.8) is 0 Å². The van der Waals surface area contributed by atoms with Gasteiger partial charge in [0.2, 0.25) is 5.91 Å². The molecule has 1 heterocycles. The molecule has 5 heteroatoms. The molecule has 0 unspecified atom stereocenters. The number of benzene rings is 1. The van der Waals surface area contributed by atoms with Gasteiger partial charge in [0.05, 0.1) is 12.2 Å². The Morgan fingerprint density at radius 3 is 3.00 bits per heavy atom. The molecule has 0 aromatic heterocycles. The van der Waals surface area contributed by atoms with Crippen LogP contribution in [-0.2, 0) is 11.3 Å². The van der Waals surface area contributed by atoms with Crippen molar-refractivity contribution >= 4 is 27.5 Å². The maximum atomic E-state index is 11.4. The molecule has 4 nitrogen and oxygen atoms in total. The van der Waals surface area contributed by atoms with Crippen molar-refractivity contribution in [2.75, 3.05) is 31.1 Å². The standard InChI is InChI=1S/C14H20BrN3O/c1-2-5-16-9-11-3-4-13(12(15)8-11)18-7-6-17-14(19)10-18/h3-4,8,16H,2,5-7,9-10H2,1H3,(H,17,19). The van der Waals surface area contributed by atoms with Crippen LogP contribution in [0.15, 0.2) is 22.7 Å². The summed E-state index contributed by atoms with van der Waals surface area (Å²) in [7, 11) is 0. The lowest BCUT2D eigenvalue weighted by Crippen LogP contribution is -2.47. The Labute approximate surface area is 122 Å². The minimum Gasteiger partial charge on any atom is -0.360 e. The highest BCUT2D eigenvalue weighted by Crippen LogP contribution is 2.27. The van der Waals surface area contributed by atoms with E-state index in [1.54, 1.807) is 0 Å². The third-order valence-corrected chi connectivity index (χ3v) is 3.78. The first-order valence-electron chi connectivity index (χ1n) is 6.71. The van der Waals surface area contributed by atoms with Crippen molar-refractivity contribution < 1.29 is 4.79 Å². The van der Waals surface area contributed by atoms with E-state index in [1.165, 1.54) is 5.56 Å². The van der Waals surface area contributed by atoms with Crippen LogP contribution >= 0.6 is 15.9 Å². The van der Waals surface area contributed by atoms with Crippen LogP contribution in [0.1, 0.15) is 18.9 Å². The molecular weight excluding hydrogens is 306 g/mol. The van der Waals surface area contributed by atoms with Gasteiger partial charge in [-0.05, 0) is 46.6 Å². The Morgan fingerprint density at radius 1 is 1.47 bits per heavy atom.